The van der Waals surface area contributed by atoms with E-state index in [-0.39, 0.29) is 6.61 Å². The second kappa shape index (κ2) is 5.91. The third-order valence-corrected chi connectivity index (χ3v) is 2.49. The molecule has 0 bridgehead atoms. The monoisotopic (exact) mass is 257 g/mol. The molecule has 0 saturated heterocycles. The van der Waals surface area contributed by atoms with Gasteiger partial charge in [0.25, 0.3) is 0 Å². The van der Waals surface area contributed by atoms with E-state index >= 15 is 0 Å². The van der Waals surface area contributed by atoms with Crippen LogP contribution in [0.1, 0.15) is 5.56 Å². The molecule has 0 radical (unpaired) electrons. The maximum atomic E-state index is 11.6. The molecule has 2 aromatic carbocycles. The first-order chi connectivity index (χ1) is 9.13. The van der Waals surface area contributed by atoms with Gasteiger partial charge in [0, 0.05) is 5.69 Å². The number of carbonyl (C=O) groups excluding carboxylic acids is 1. The number of nitrogen functional groups attached to an aromatic ring is 1. The van der Waals surface area contributed by atoms with Gasteiger partial charge in [-0.3, -0.25) is 0 Å². The van der Waals surface area contributed by atoms with Crippen LogP contribution in [0.5, 0.6) is 11.5 Å². The molecule has 2 rings (SSSR count). The number of anilines is 1. The van der Waals surface area contributed by atoms with E-state index in [2.05, 4.69) is 0 Å². The summed E-state index contributed by atoms with van der Waals surface area (Å²) in [5.74, 6) is 0.646. The van der Waals surface area contributed by atoms with Crippen LogP contribution in [0.3, 0.4) is 0 Å². The van der Waals surface area contributed by atoms with Crippen LogP contribution < -0.4 is 15.2 Å². The summed E-state index contributed by atoms with van der Waals surface area (Å²) in [6.45, 7) is 1.83. The molecule has 98 valence electrons. The van der Waals surface area contributed by atoms with Crippen LogP contribution in [-0.2, 0) is 4.79 Å². The molecule has 0 saturated carbocycles. The van der Waals surface area contributed by atoms with Crippen molar-refractivity contribution in [3.63, 3.8) is 0 Å². The number of nitrogens with two attached hydrogens (primary N) is 1. The van der Waals surface area contributed by atoms with Gasteiger partial charge < -0.3 is 15.2 Å². The second-order valence-corrected chi connectivity index (χ2v) is 4.14. The Morgan fingerprint density at radius 2 is 1.58 bits per heavy atom. The molecule has 0 spiro atoms. The van der Waals surface area contributed by atoms with Gasteiger partial charge in [-0.05, 0) is 43.3 Å². The third kappa shape index (κ3) is 4.03. The highest BCUT2D eigenvalue weighted by atomic mass is 16.6. The first-order valence-corrected chi connectivity index (χ1v) is 5.89. The average Bonchev–Trinajstić information content (AvgIpc) is 2.41. The minimum absolute atomic E-state index is 0.141. The standard InChI is InChI=1S/C15H15NO3/c1-11-2-6-14(7-3-11)19-15(17)10-18-13-8-4-12(16)5-9-13/h2-9H,10,16H2,1H3. The van der Waals surface area contributed by atoms with Gasteiger partial charge in [-0.2, -0.15) is 0 Å². The maximum Gasteiger partial charge on any atom is 0.349 e. The molecule has 0 fully saturated rings. The number of carbonyl (C=O) groups is 1. The van der Waals surface area contributed by atoms with E-state index in [1.807, 2.05) is 19.1 Å². The summed E-state index contributed by atoms with van der Waals surface area (Å²) in [7, 11) is 0. The lowest BCUT2D eigenvalue weighted by Gasteiger charge is -2.07. The fourth-order valence-corrected chi connectivity index (χ4v) is 1.47. The molecular weight excluding hydrogens is 242 g/mol. The Hall–Kier alpha value is -2.49. The number of benzene rings is 2. The second-order valence-electron chi connectivity index (χ2n) is 4.14. The Morgan fingerprint density at radius 3 is 2.21 bits per heavy atom. The van der Waals surface area contributed by atoms with Crippen molar-refractivity contribution in [1.82, 2.24) is 0 Å². The van der Waals surface area contributed by atoms with Gasteiger partial charge in [-0.15, -0.1) is 0 Å². The van der Waals surface area contributed by atoms with E-state index in [1.54, 1.807) is 36.4 Å². The number of rotatable bonds is 4. The Balaban J connectivity index is 1.84. The summed E-state index contributed by atoms with van der Waals surface area (Å²) in [6, 6.07) is 14.1. The van der Waals surface area contributed by atoms with E-state index in [1.165, 1.54) is 0 Å². The van der Waals surface area contributed by atoms with Crippen molar-refractivity contribution in [2.24, 2.45) is 0 Å². The lowest BCUT2D eigenvalue weighted by atomic mass is 10.2. The highest BCUT2D eigenvalue weighted by Crippen LogP contribution is 2.14. The van der Waals surface area contributed by atoms with Gasteiger partial charge in [-0.1, -0.05) is 17.7 Å². The molecule has 0 aliphatic heterocycles. The first kappa shape index (κ1) is 13.0. The lowest BCUT2D eigenvalue weighted by molar-refractivity contribution is -0.136. The van der Waals surface area contributed by atoms with Crippen LogP contribution in [0.4, 0.5) is 5.69 Å². The van der Waals surface area contributed by atoms with E-state index in [0.29, 0.717) is 17.2 Å². The van der Waals surface area contributed by atoms with E-state index < -0.39 is 5.97 Å². The normalized spacial score (nSPS) is 9.95. The minimum Gasteiger partial charge on any atom is -0.482 e. The number of hydrogen-bond donors (Lipinski definition) is 1. The SMILES string of the molecule is Cc1ccc(OC(=O)COc2ccc(N)cc2)cc1. The Kier molecular flexibility index (Phi) is 4.03. The van der Waals surface area contributed by atoms with Gasteiger partial charge in [0.2, 0.25) is 0 Å². The summed E-state index contributed by atoms with van der Waals surface area (Å²) in [5.41, 5.74) is 7.31. The smallest absolute Gasteiger partial charge is 0.349 e. The molecule has 2 aromatic rings. The molecule has 0 aliphatic carbocycles. The van der Waals surface area contributed by atoms with Crippen molar-refractivity contribution >= 4 is 11.7 Å². The summed E-state index contributed by atoms with van der Waals surface area (Å²) >= 11 is 0. The van der Waals surface area contributed by atoms with Gasteiger partial charge in [-0.25, -0.2) is 4.79 Å². The van der Waals surface area contributed by atoms with Gasteiger partial charge >= 0.3 is 5.97 Å². The quantitative estimate of drug-likeness (QED) is 0.519. The third-order valence-electron chi connectivity index (χ3n) is 2.49. The average molecular weight is 257 g/mol. The zero-order valence-corrected chi connectivity index (χ0v) is 10.6. The Morgan fingerprint density at radius 1 is 1.00 bits per heavy atom. The fourth-order valence-electron chi connectivity index (χ4n) is 1.47. The molecule has 2 N–H and O–H groups in total. The van der Waals surface area contributed by atoms with Gasteiger partial charge in [0.15, 0.2) is 6.61 Å². The lowest BCUT2D eigenvalue weighted by Crippen LogP contribution is -2.17. The molecule has 0 unspecified atom stereocenters. The van der Waals surface area contributed by atoms with Crippen LogP contribution >= 0.6 is 0 Å². The molecule has 0 aliphatic rings. The predicted molar refractivity (Wildman–Crippen MR) is 73.2 cm³/mol. The van der Waals surface area contributed by atoms with Crippen molar-refractivity contribution in [1.29, 1.82) is 0 Å². The maximum absolute atomic E-state index is 11.6. The molecule has 19 heavy (non-hydrogen) atoms. The molecule has 0 heterocycles. The van der Waals surface area contributed by atoms with Crippen molar-refractivity contribution in [2.45, 2.75) is 6.92 Å². The van der Waals surface area contributed by atoms with Crippen LogP contribution in [0.2, 0.25) is 0 Å². The fraction of sp³-hybridized carbons (Fsp3) is 0.133. The first-order valence-electron chi connectivity index (χ1n) is 5.89. The molecule has 0 atom stereocenters. The molecule has 4 nitrogen and oxygen atoms in total. The van der Waals surface area contributed by atoms with E-state index in [9.17, 15) is 4.79 Å². The van der Waals surface area contributed by atoms with Crippen LogP contribution in [0.25, 0.3) is 0 Å². The highest BCUT2D eigenvalue weighted by Gasteiger charge is 2.05. The van der Waals surface area contributed by atoms with E-state index in [4.69, 9.17) is 15.2 Å². The summed E-state index contributed by atoms with van der Waals surface area (Å²) in [6.07, 6.45) is 0. The molecule has 4 heteroatoms. The highest BCUT2D eigenvalue weighted by molar-refractivity contribution is 5.74. The number of ether oxygens (including phenoxy) is 2. The van der Waals surface area contributed by atoms with Crippen LogP contribution in [-0.4, -0.2) is 12.6 Å². The van der Waals surface area contributed by atoms with E-state index in [0.717, 1.165) is 5.56 Å². The minimum atomic E-state index is -0.444. The summed E-state index contributed by atoms with van der Waals surface area (Å²) in [4.78, 5) is 11.6. The van der Waals surface area contributed by atoms with Crippen molar-refractivity contribution in [3.8, 4) is 11.5 Å². The van der Waals surface area contributed by atoms with Gasteiger partial charge in [0.05, 0.1) is 0 Å². The molecule has 0 amide bonds. The van der Waals surface area contributed by atoms with Crippen molar-refractivity contribution < 1.29 is 14.3 Å². The number of esters is 1. The topological polar surface area (TPSA) is 61.5 Å². The largest absolute Gasteiger partial charge is 0.482 e. The zero-order valence-electron chi connectivity index (χ0n) is 10.6. The summed E-state index contributed by atoms with van der Waals surface area (Å²) in [5, 5.41) is 0. The van der Waals surface area contributed by atoms with Crippen LogP contribution in [0, 0.1) is 6.92 Å². The molecule has 0 aromatic heterocycles. The number of hydrogen-bond acceptors (Lipinski definition) is 4. The predicted octanol–water partition coefficient (Wildman–Crippen LogP) is 2.56. The van der Waals surface area contributed by atoms with Crippen molar-refractivity contribution in [3.05, 3.63) is 54.1 Å². The van der Waals surface area contributed by atoms with Gasteiger partial charge in [0.1, 0.15) is 11.5 Å². The number of aryl methyl sites for hydroxylation is 1. The summed E-state index contributed by atoms with van der Waals surface area (Å²) < 4.78 is 10.4. The molecular formula is C15H15NO3. The van der Waals surface area contributed by atoms with Crippen molar-refractivity contribution in [2.75, 3.05) is 12.3 Å². The van der Waals surface area contributed by atoms with Crippen LogP contribution in [0.15, 0.2) is 48.5 Å². The Bertz CT molecular complexity index is 547. The Labute approximate surface area is 111 Å². The zero-order chi connectivity index (χ0) is 13.7.